The Morgan fingerprint density at radius 1 is 0.905 bits per heavy atom. The van der Waals surface area contributed by atoms with E-state index in [9.17, 15) is 28.9 Å². The second kappa shape index (κ2) is 16.1. The topological polar surface area (TPSA) is 150 Å². The highest BCUT2D eigenvalue weighted by atomic mass is 79.9. The monoisotopic (exact) mass is 739 g/mol. The van der Waals surface area contributed by atoms with Crippen molar-refractivity contribution in [1.82, 2.24) is 9.97 Å². The first-order chi connectivity index (χ1) is 19.7. The standard InChI is InChI=1S/C14H15N2O4P.C12H11BrNO2P.C2H3BrO/c1-3-20-21(19,13-7-5-4-6-8-13)14-10-12(16(17)18)9-11(2)15-14;1-9-7-10(13)8-12(14-9)17(15,16)11-5-3-2-4-6-11;1-2(3)4/h4-10H,3H2,1-2H3;2-8H,1H3,(H,15,16);1H3. The summed E-state index contributed by atoms with van der Waals surface area (Å²) in [4.78, 5) is 38.3. The number of hydrogen-bond acceptors (Lipinski definition) is 8. The molecule has 2 heterocycles. The first kappa shape index (κ1) is 35.3. The van der Waals surface area contributed by atoms with E-state index < -0.39 is 19.7 Å². The number of nitrogens with zero attached hydrogens (tertiary/aromatic N) is 3. The van der Waals surface area contributed by atoms with Gasteiger partial charge < -0.3 is 9.42 Å². The third-order valence-electron chi connectivity index (χ3n) is 5.17. The molecule has 2 atom stereocenters. The van der Waals surface area contributed by atoms with Crippen molar-refractivity contribution in [1.29, 1.82) is 0 Å². The van der Waals surface area contributed by atoms with Gasteiger partial charge in [-0.1, -0.05) is 52.3 Å². The molecule has 0 spiro atoms. The molecule has 0 aliphatic rings. The summed E-state index contributed by atoms with van der Waals surface area (Å²) in [5.74, 6) is 0. The third kappa shape index (κ3) is 10.2. The molecule has 0 radical (unpaired) electrons. The number of carbonyl (C=O) groups is 1. The highest BCUT2D eigenvalue weighted by Crippen LogP contribution is 2.44. The van der Waals surface area contributed by atoms with Crippen LogP contribution in [0.25, 0.3) is 0 Å². The van der Waals surface area contributed by atoms with Gasteiger partial charge in [-0.05, 0) is 73.1 Å². The van der Waals surface area contributed by atoms with Crippen LogP contribution in [0.15, 0.2) is 89.4 Å². The van der Waals surface area contributed by atoms with Crippen molar-refractivity contribution in [2.75, 3.05) is 6.61 Å². The first-order valence-electron chi connectivity index (χ1n) is 12.3. The molecule has 14 heteroatoms. The predicted octanol–water partition coefficient (Wildman–Crippen LogP) is 5.87. The van der Waals surface area contributed by atoms with Gasteiger partial charge >= 0.3 is 0 Å². The molecule has 0 saturated heterocycles. The first-order valence-corrected chi connectivity index (χ1v) is 17.2. The smallest absolute Gasteiger partial charge is 0.279 e. The van der Waals surface area contributed by atoms with E-state index in [0.717, 1.165) is 4.47 Å². The van der Waals surface area contributed by atoms with Crippen LogP contribution in [0.3, 0.4) is 0 Å². The van der Waals surface area contributed by atoms with Gasteiger partial charge in [-0.3, -0.25) is 24.0 Å². The summed E-state index contributed by atoms with van der Waals surface area (Å²) >= 11 is 5.94. The Balaban J connectivity index is 0.000000265. The number of pyridine rings is 2. The molecule has 0 aliphatic carbocycles. The molecule has 0 amide bonds. The van der Waals surface area contributed by atoms with Gasteiger partial charge in [0.25, 0.3) is 20.4 Å². The number of nitro groups is 1. The largest absolute Gasteiger partial charge is 0.337 e. The second-order valence-electron chi connectivity index (χ2n) is 8.55. The van der Waals surface area contributed by atoms with E-state index >= 15 is 0 Å². The van der Waals surface area contributed by atoms with Gasteiger partial charge in [-0.2, -0.15) is 0 Å². The average Bonchev–Trinajstić information content (AvgIpc) is 2.93. The third-order valence-corrected chi connectivity index (χ3v) is 9.90. The fourth-order valence-electron chi connectivity index (χ4n) is 3.50. The van der Waals surface area contributed by atoms with Crippen molar-refractivity contribution < 1.29 is 28.3 Å². The van der Waals surface area contributed by atoms with Gasteiger partial charge in [0.15, 0.2) is 4.69 Å². The van der Waals surface area contributed by atoms with E-state index in [4.69, 9.17) is 4.52 Å². The zero-order chi connectivity index (χ0) is 31.5. The molecule has 2 aromatic carbocycles. The molecule has 0 saturated carbocycles. The number of benzene rings is 2. The summed E-state index contributed by atoms with van der Waals surface area (Å²) in [7, 11) is -7.03. The molecule has 42 heavy (non-hydrogen) atoms. The van der Waals surface area contributed by atoms with E-state index in [2.05, 4.69) is 41.8 Å². The summed E-state index contributed by atoms with van der Waals surface area (Å²) in [6, 6.07) is 23.1. The Hall–Kier alpha value is -2.85. The molecule has 4 aromatic rings. The normalized spacial score (nSPS) is 13.2. The van der Waals surface area contributed by atoms with Crippen molar-refractivity contribution in [2.24, 2.45) is 0 Å². The number of aryl methyl sites for hydroxylation is 2. The summed E-state index contributed by atoms with van der Waals surface area (Å²) < 4.78 is 31.8. The highest BCUT2D eigenvalue weighted by molar-refractivity contribution is 9.18. The SMILES string of the molecule is CC(=O)Br.CCOP(=O)(c1ccccc1)c1cc([N+](=O)[O-])cc(C)n1.Cc1cc(Br)cc(P(=O)(O)c2ccccc2)n1. The number of hydrogen-bond donors (Lipinski definition) is 1. The Morgan fingerprint density at radius 2 is 1.38 bits per heavy atom. The van der Waals surface area contributed by atoms with Crippen LogP contribution < -0.4 is 21.5 Å². The van der Waals surface area contributed by atoms with Crippen LogP contribution >= 0.6 is 46.6 Å². The van der Waals surface area contributed by atoms with E-state index in [1.165, 1.54) is 19.1 Å². The fraction of sp³-hybridized carbons (Fsp3) is 0.179. The molecule has 0 fully saturated rings. The van der Waals surface area contributed by atoms with Crippen molar-refractivity contribution in [3.05, 3.63) is 111 Å². The maximum atomic E-state index is 13.2. The lowest BCUT2D eigenvalue weighted by atomic mass is 10.3. The molecule has 10 nitrogen and oxygen atoms in total. The lowest BCUT2D eigenvalue weighted by molar-refractivity contribution is -0.384. The molecule has 2 unspecified atom stereocenters. The predicted molar refractivity (Wildman–Crippen MR) is 172 cm³/mol. The molecule has 2 aromatic heterocycles. The maximum absolute atomic E-state index is 13.2. The van der Waals surface area contributed by atoms with Crippen molar-refractivity contribution in [3.63, 3.8) is 0 Å². The second-order valence-corrected chi connectivity index (χ2v) is 15.0. The lowest BCUT2D eigenvalue weighted by Gasteiger charge is -2.17. The lowest BCUT2D eigenvalue weighted by Crippen LogP contribution is -2.22. The van der Waals surface area contributed by atoms with Crippen LogP contribution in [-0.4, -0.2) is 31.1 Å². The number of carbonyl (C=O) groups excluding carboxylic acids is 1. The van der Waals surface area contributed by atoms with Gasteiger partial charge in [0.05, 0.1) is 11.5 Å². The van der Waals surface area contributed by atoms with Crippen LogP contribution in [-0.2, 0) is 18.4 Å². The van der Waals surface area contributed by atoms with E-state index in [1.54, 1.807) is 87.5 Å². The maximum Gasteiger partial charge on any atom is 0.279 e. The van der Waals surface area contributed by atoms with E-state index in [0.29, 0.717) is 22.0 Å². The number of halogens is 2. The van der Waals surface area contributed by atoms with Crippen LogP contribution in [0.2, 0.25) is 0 Å². The molecule has 4 rings (SSSR count). The molecule has 0 aliphatic heterocycles. The zero-order valence-corrected chi connectivity index (χ0v) is 28.1. The van der Waals surface area contributed by atoms with Crippen LogP contribution in [0, 0.1) is 24.0 Å². The molecule has 1 N–H and O–H groups in total. The van der Waals surface area contributed by atoms with Crippen LogP contribution in [0.5, 0.6) is 0 Å². The van der Waals surface area contributed by atoms with Crippen LogP contribution in [0.1, 0.15) is 25.2 Å². The molecule has 0 bridgehead atoms. The number of rotatable bonds is 7. The minimum Gasteiger partial charge on any atom is -0.337 e. The van der Waals surface area contributed by atoms with Crippen molar-refractivity contribution in [2.45, 2.75) is 27.7 Å². The average molecular weight is 741 g/mol. The molecular weight excluding hydrogens is 712 g/mol. The molecular formula is C28H29Br2N3O7P2. The quantitative estimate of drug-likeness (QED) is 0.106. The van der Waals surface area contributed by atoms with Gasteiger partial charge in [-0.25, -0.2) is 9.97 Å². The van der Waals surface area contributed by atoms with Crippen LogP contribution in [0.4, 0.5) is 5.69 Å². The van der Waals surface area contributed by atoms with Gasteiger partial charge in [-0.15, -0.1) is 0 Å². The summed E-state index contributed by atoms with van der Waals surface area (Å²) in [6.07, 6.45) is 0. The summed E-state index contributed by atoms with van der Waals surface area (Å²) in [6.45, 7) is 6.80. The number of aromatic nitrogens is 2. The Morgan fingerprint density at radius 3 is 1.86 bits per heavy atom. The Kier molecular flexibility index (Phi) is 13.6. The van der Waals surface area contributed by atoms with Gasteiger partial charge in [0, 0.05) is 45.5 Å². The zero-order valence-electron chi connectivity index (χ0n) is 23.2. The fourth-order valence-corrected chi connectivity index (χ4v) is 7.73. The van der Waals surface area contributed by atoms with E-state index in [1.807, 2.05) is 6.07 Å². The van der Waals surface area contributed by atoms with Crippen molar-refractivity contribution >= 4 is 78.5 Å². The molecule has 222 valence electrons. The minimum absolute atomic E-state index is 0.0208. The van der Waals surface area contributed by atoms with E-state index in [-0.39, 0.29) is 27.9 Å². The Bertz CT molecular complexity index is 1600. The van der Waals surface area contributed by atoms with Gasteiger partial charge in [0.1, 0.15) is 10.9 Å². The van der Waals surface area contributed by atoms with Crippen molar-refractivity contribution in [3.8, 4) is 0 Å². The summed E-state index contributed by atoms with van der Waals surface area (Å²) in [5, 5.41) is 11.8. The highest BCUT2D eigenvalue weighted by Gasteiger charge is 2.32. The van der Waals surface area contributed by atoms with Gasteiger partial charge in [0.2, 0.25) is 0 Å². The Labute approximate surface area is 260 Å². The summed E-state index contributed by atoms with van der Waals surface area (Å²) in [5.41, 5.74) is 1.29. The minimum atomic E-state index is -3.59.